The number of ketones is 1. The number of amides is 1. The van der Waals surface area contributed by atoms with Crippen LogP contribution in [0, 0.1) is 5.92 Å². The third-order valence-corrected chi connectivity index (χ3v) is 3.80. The highest BCUT2D eigenvalue weighted by atomic mass is 16.2. The zero-order valence-electron chi connectivity index (χ0n) is 11.9. The third-order valence-electron chi connectivity index (χ3n) is 3.80. The first-order valence-corrected chi connectivity index (χ1v) is 7.09. The maximum atomic E-state index is 11.9. The van der Waals surface area contributed by atoms with E-state index in [1.54, 1.807) is 6.92 Å². The quantitative estimate of drug-likeness (QED) is 0.783. The fourth-order valence-electron chi connectivity index (χ4n) is 2.50. The number of hydrogen-bond acceptors (Lipinski definition) is 3. The van der Waals surface area contributed by atoms with E-state index in [9.17, 15) is 9.59 Å². The molecule has 0 aromatic rings. The smallest absolute Gasteiger partial charge is 0.234 e. The van der Waals surface area contributed by atoms with Gasteiger partial charge in [-0.1, -0.05) is 13.8 Å². The average molecular weight is 254 g/mol. The lowest BCUT2D eigenvalue weighted by atomic mass is 9.94. The van der Waals surface area contributed by atoms with Crippen LogP contribution < -0.4 is 5.32 Å². The molecule has 18 heavy (non-hydrogen) atoms. The van der Waals surface area contributed by atoms with Gasteiger partial charge < -0.3 is 5.32 Å². The second kappa shape index (κ2) is 7.52. The highest BCUT2D eigenvalue weighted by Crippen LogP contribution is 2.16. The SMILES string of the molecule is CCC(CC)NC(=O)CN1CCCC(C(C)=O)C1. The summed E-state index contributed by atoms with van der Waals surface area (Å²) in [4.78, 5) is 25.4. The lowest BCUT2D eigenvalue weighted by Crippen LogP contribution is -2.46. The van der Waals surface area contributed by atoms with Crippen molar-refractivity contribution in [3.63, 3.8) is 0 Å². The van der Waals surface area contributed by atoms with Gasteiger partial charge in [0, 0.05) is 18.5 Å². The van der Waals surface area contributed by atoms with Crippen LogP contribution in [0.2, 0.25) is 0 Å². The van der Waals surface area contributed by atoms with Crippen molar-refractivity contribution >= 4 is 11.7 Å². The molecule has 1 unspecified atom stereocenters. The van der Waals surface area contributed by atoms with Crippen LogP contribution in [-0.2, 0) is 9.59 Å². The van der Waals surface area contributed by atoms with Gasteiger partial charge in [-0.05, 0) is 39.2 Å². The molecule has 1 N–H and O–H groups in total. The predicted molar refractivity (Wildman–Crippen MR) is 72.4 cm³/mol. The van der Waals surface area contributed by atoms with Gasteiger partial charge in [-0.25, -0.2) is 0 Å². The second-order valence-corrected chi connectivity index (χ2v) is 5.27. The summed E-state index contributed by atoms with van der Waals surface area (Å²) in [5.74, 6) is 0.465. The molecule has 1 aliphatic heterocycles. The average Bonchev–Trinajstić information content (AvgIpc) is 2.36. The Kier molecular flexibility index (Phi) is 6.33. The summed E-state index contributed by atoms with van der Waals surface area (Å²) in [6.45, 7) is 7.92. The molecule has 1 fully saturated rings. The second-order valence-electron chi connectivity index (χ2n) is 5.27. The molecule has 1 saturated heterocycles. The number of carbonyl (C=O) groups is 2. The van der Waals surface area contributed by atoms with Gasteiger partial charge in [-0.3, -0.25) is 14.5 Å². The Morgan fingerprint density at radius 3 is 2.56 bits per heavy atom. The fraction of sp³-hybridized carbons (Fsp3) is 0.857. The van der Waals surface area contributed by atoms with Crippen LogP contribution in [0.5, 0.6) is 0 Å². The van der Waals surface area contributed by atoms with Gasteiger partial charge in [-0.2, -0.15) is 0 Å². The molecule has 0 aliphatic carbocycles. The number of Topliss-reactive ketones (excluding diaryl/α,β-unsaturated/α-hetero) is 1. The molecule has 4 heteroatoms. The Hall–Kier alpha value is -0.900. The molecule has 104 valence electrons. The summed E-state index contributed by atoms with van der Waals surface area (Å²) in [6.07, 6.45) is 3.93. The van der Waals surface area contributed by atoms with Gasteiger partial charge in [-0.15, -0.1) is 0 Å². The van der Waals surface area contributed by atoms with E-state index in [0.29, 0.717) is 6.54 Å². The maximum absolute atomic E-state index is 11.9. The van der Waals surface area contributed by atoms with Crippen LogP contribution >= 0.6 is 0 Å². The van der Waals surface area contributed by atoms with E-state index in [1.165, 1.54) is 0 Å². The largest absolute Gasteiger partial charge is 0.352 e. The molecule has 0 spiro atoms. The van der Waals surface area contributed by atoms with Gasteiger partial charge in [0.25, 0.3) is 0 Å². The van der Waals surface area contributed by atoms with Crippen molar-refractivity contribution < 1.29 is 9.59 Å². The van der Waals surface area contributed by atoms with Gasteiger partial charge >= 0.3 is 0 Å². The van der Waals surface area contributed by atoms with E-state index in [1.807, 2.05) is 0 Å². The molecule has 0 aromatic heterocycles. The topological polar surface area (TPSA) is 49.4 Å². The Balaban J connectivity index is 2.37. The molecule has 0 radical (unpaired) electrons. The zero-order chi connectivity index (χ0) is 13.5. The van der Waals surface area contributed by atoms with Crippen molar-refractivity contribution in [1.82, 2.24) is 10.2 Å². The highest BCUT2D eigenvalue weighted by Gasteiger charge is 2.24. The summed E-state index contributed by atoms with van der Waals surface area (Å²) in [6, 6.07) is 0.283. The van der Waals surface area contributed by atoms with Crippen LogP contribution in [0.25, 0.3) is 0 Å². The molecule has 1 atom stereocenters. The highest BCUT2D eigenvalue weighted by molar-refractivity contribution is 5.80. The van der Waals surface area contributed by atoms with E-state index in [0.717, 1.165) is 38.8 Å². The maximum Gasteiger partial charge on any atom is 0.234 e. The first-order valence-electron chi connectivity index (χ1n) is 7.09. The summed E-state index contributed by atoms with van der Waals surface area (Å²) in [7, 11) is 0. The Bertz CT molecular complexity index is 288. The van der Waals surface area contributed by atoms with Crippen molar-refractivity contribution in [2.45, 2.75) is 52.5 Å². The monoisotopic (exact) mass is 254 g/mol. The standard InChI is InChI=1S/C14H26N2O2/c1-4-13(5-2)15-14(18)10-16-8-6-7-12(9-16)11(3)17/h12-13H,4-10H2,1-3H3,(H,15,18). The Labute approximate surface area is 110 Å². The summed E-state index contributed by atoms with van der Waals surface area (Å²) < 4.78 is 0. The van der Waals surface area contributed by atoms with Crippen LogP contribution in [0.3, 0.4) is 0 Å². The normalized spacial score (nSPS) is 21.0. The number of carbonyl (C=O) groups excluding carboxylic acids is 2. The van der Waals surface area contributed by atoms with Gasteiger partial charge in [0.15, 0.2) is 0 Å². The first-order chi connectivity index (χ1) is 8.56. The first kappa shape index (κ1) is 15.2. The van der Waals surface area contributed by atoms with Gasteiger partial charge in [0.1, 0.15) is 5.78 Å². The minimum absolute atomic E-state index is 0.0907. The van der Waals surface area contributed by atoms with Crippen molar-refractivity contribution in [2.24, 2.45) is 5.92 Å². The number of rotatable bonds is 6. The molecule has 1 aliphatic rings. The molecule has 1 rings (SSSR count). The summed E-state index contributed by atoms with van der Waals surface area (Å²) >= 11 is 0. The van der Waals surface area contributed by atoms with E-state index >= 15 is 0 Å². The molecule has 0 bridgehead atoms. The zero-order valence-corrected chi connectivity index (χ0v) is 11.9. The van der Waals surface area contributed by atoms with E-state index in [-0.39, 0.29) is 23.7 Å². The molecule has 0 saturated carbocycles. The number of nitrogens with one attached hydrogen (secondary N) is 1. The lowest BCUT2D eigenvalue weighted by molar-refractivity contribution is -0.126. The molecule has 0 aromatic carbocycles. The van der Waals surface area contributed by atoms with Crippen molar-refractivity contribution in [1.29, 1.82) is 0 Å². The molecule has 1 amide bonds. The van der Waals surface area contributed by atoms with Crippen LogP contribution in [0.1, 0.15) is 46.5 Å². The van der Waals surface area contributed by atoms with Gasteiger partial charge in [0.05, 0.1) is 6.54 Å². The van der Waals surface area contributed by atoms with Crippen molar-refractivity contribution in [2.75, 3.05) is 19.6 Å². The minimum Gasteiger partial charge on any atom is -0.352 e. The molecular weight excluding hydrogens is 228 g/mol. The Morgan fingerprint density at radius 2 is 2.00 bits per heavy atom. The third kappa shape index (κ3) is 4.77. The fourth-order valence-corrected chi connectivity index (χ4v) is 2.50. The van der Waals surface area contributed by atoms with Crippen LogP contribution in [0.4, 0.5) is 0 Å². The van der Waals surface area contributed by atoms with Crippen LogP contribution in [0.15, 0.2) is 0 Å². The van der Waals surface area contributed by atoms with Crippen LogP contribution in [-0.4, -0.2) is 42.3 Å². The Morgan fingerprint density at radius 1 is 1.33 bits per heavy atom. The summed E-state index contributed by atoms with van der Waals surface area (Å²) in [5.41, 5.74) is 0. The van der Waals surface area contributed by atoms with Crippen molar-refractivity contribution in [3.8, 4) is 0 Å². The van der Waals surface area contributed by atoms with E-state index in [2.05, 4.69) is 24.1 Å². The number of hydrogen-bond donors (Lipinski definition) is 1. The van der Waals surface area contributed by atoms with Gasteiger partial charge in [0.2, 0.25) is 5.91 Å². The minimum atomic E-state index is 0.0907. The number of nitrogens with zero attached hydrogens (tertiary/aromatic N) is 1. The molecule has 4 nitrogen and oxygen atoms in total. The number of piperidine rings is 1. The van der Waals surface area contributed by atoms with Crippen molar-refractivity contribution in [3.05, 3.63) is 0 Å². The number of likely N-dealkylation sites (tertiary alicyclic amines) is 1. The summed E-state index contributed by atoms with van der Waals surface area (Å²) in [5, 5.41) is 3.04. The predicted octanol–water partition coefficient (Wildman–Crippen LogP) is 1.59. The van der Waals surface area contributed by atoms with E-state index in [4.69, 9.17) is 0 Å². The molecular formula is C14H26N2O2. The lowest BCUT2D eigenvalue weighted by Gasteiger charge is -2.31. The molecule has 1 heterocycles. The van der Waals surface area contributed by atoms with E-state index < -0.39 is 0 Å².